The number of sulfone groups is 1. The lowest BCUT2D eigenvalue weighted by Gasteiger charge is -2.37. The maximum Gasteiger partial charge on any atom is 0.239 e. The highest BCUT2D eigenvalue weighted by Gasteiger charge is 2.23. The number of benzene rings is 2. The van der Waals surface area contributed by atoms with E-state index in [9.17, 15) is 18.0 Å². The van der Waals surface area contributed by atoms with Crippen molar-refractivity contribution in [1.82, 2.24) is 4.90 Å². The van der Waals surface area contributed by atoms with E-state index in [0.29, 0.717) is 18.8 Å². The van der Waals surface area contributed by atoms with E-state index in [1.54, 1.807) is 30.3 Å². The molecule has 0 saturated carbocycles. The number of hydrogen-bond acceptors (Lipinski definition) is 5. The first-order valence-corrected chi connectivity index (χ1v) is 11.6. The van der Waals surface area contributed by atoms with Crippen molar-refractivity contribution in [3.8, 4) is 0 Å². The molecular formula is C22H27N3O4S. The lowest BCUT2D eigenvalue weighted by molar-refractivity contribution is -0.134. The molecule has 0 unspecified atom stereocenters. The molecule has 0 spiro atoms. The minimum absolute atomic E-state index is 0.00477. The first-order valence-electron chi connectivity index (χ1n) is 9.98. The highest BCUT2D eigenvalue weighted by atomic mass is 32.2. The fourth-order valence-electron chi connectivity index (χ4n) is 3.39. The molecule has 0 aliphatic carbocycles. The standard InChI is InChI=1S/C22H27N3O4S/c1-17(2)22(27)25-14-12-24(13-15-25)19-10-8-18(9-11-19)23-21(26)16-30(28,29)20-6-4-3-5-7-20/h3-11,17H,12-16H2,1-2H3,(H,23,26). The largest absolute Gasteiger partial charge is 0.368 e. The summed E-state index contributed by atoms with van der Waals surface area (Å²) in [4.78, 5) is 28.5. The summed E-state index contributed by atoms with van der Waals surface area (Å²) in [5, 5.41) is 2.64. The van der Waals surface area contributed by atoms with E-state index in [0.717, 1.165) is 18.8 Å². The topological polar surface area (TPSA) is 86.8 Å². The third-order valence-corrected chi connectivity index (χ3v) is 6.66. The molecule has 1 aliphatic heterocycles. The van der Waals surface area contributed by atoms with Crippen molar-refractivity contribution in [3.05, 3.63) is 54.6 Å². The van der Waals surface area contributed by atoms with Gasteiger partial charge in [-0.05, 0) is 36.4 Å². The van der Waals surface area contributed by atoms with Gasteiger partial charge in [-0.2, -0.15) is 0 Å². The second-order valence-corrected chi connectivity index (χ2v) is 9.62. The van der Waals surface area contributed by atoms with E-state index in [4.69, 9.17) is 0 Å². The number of hydrogen-bond donors (Lipinski definition) is 1. The van der Waals surface area contributed by atoms with Crippen LogP contribution in [0.25, 0.3) is 0 Å². The summed E-state index contributed by atoms with van der Waals surface area (Å²) >= 11 is 0. The Hall–Kier alpha value is -2.87. The van der Waals surface area contributed by atoms with Gasteiger partial charge in [0.25, 0.3) is 0 Å². The Bertz CT molecular complexity index is 981. The molecule has 160 valence electrons. The zero-order valence-corrected chi connectivity index (χ0v) is 18.1. The van der Waals surface area contributed by atoms with Crippen molar-refractivity contribution in [1.29, 1.82) is 0 Å². The van der Waals surface area contributed by atoms with Crippen molar-refractivity contribution in [2.45, 2.75) is 18.7 Å². The van der Waals surface area contributed by atoms with E-state index in [-0.39, 0.29) is 16.7 Å². The molecule has 0 bridgehead atoms. The molecule has 2 aromatic rings. The van der Waals surface area contributed by atoms with Crippen molar-refractivity contribution in [2.24, 2.45) is 5.92 Å². The number of carbonyl (C=O) groups is 2. The van der Waals surface area contributed by atoms with Crippen LogP contribution in [0.5, 0.6) is 0 Å². The van der Waals surface area contributed by atoms with E-state index in [2.05, 4.69) is 10.2 Å². The van der Waals surface area contributed by atoms with Crippen molar-refractivity contribution >= 4 is 33.0 Å². The second-order valence-electron chi connectivity index (χ2n) is 7.63. The molecule has 8 heteroatoms. The molecule has 0 aromatic heterocycles. The van der Waals surface area contributed by atoms with Crippen molar-refractivity contribution < 1.29 is 18.0 Å². The number of rotatable bonds is 6. The first-order chi connectivity index (χ1) is 14.3. The molecule has 2 amide bonds. The summed E-state index contributed by atoms with van der Waals surface area (Å²) in [6.45, 7) is 6.69. The van der Waals surface area contributed by atoms with Crippen LogP contribution in [0.15, 0.2) is 59.5 Å². The highest BCUT2D eigenvalue weighted by Crippen LogP contribution is 2.20. The van der Waals surface area contributed by atoms with Crippen molar-refractivity contribution in [3.63, 3.8) is 0 Å². The van der Waals surface area contributed by atoms with Gasteiger partial charge >= 0.3 is 0 Å². The summed E-state index contributed by atoms with van der Waals surface area (Å²) in [5.41, 5.74) is 1.54. The third kappa shape index (κ3) is 5.38. The number of carbonyl (C=O) groups excluding carboxylic acids is 2. The van der Waals surface area contributed by atoms with Gasteiger partial charge in [-0.3, -0.25) is 9.59 Å². The Balaban J connectivity index is 1.55. The maximum absolute atomic E-state index is 12.3. The third-order valence-electron chi connectivity index (χ3n) is 5.02. The minimum Gasteiger partial charge on any atom is -0.368 e. The first kappa shape index (κ1) is 21.8. The summed E-state index contributed by atoms with van der Waals surface area (Å²) in [7, 11) is -3.68. The van der Waals surface area contributed by atoms with Crippen LogP contribution in [0, 0.1) is 5.92 Å². The Morgan fingerprint density at radius 1 is 0.933 bits per heavy atom. The molecule has 1 fully saturated rings. The number of piperazine rings is 1. The zero-order chi connectivity index (χ0) is 21.7. The molecule has 1 saturated heterocycles. The number of nitrogens with zero attached hydrogens (tertiary/aromatic N) is 2. The molecule has 1 aliphatic rings. The van der Waals surface area contributed by atoms with Gasteiger partial charge in [0.2, 0.25) is 11.8 Å². The van der Waals surface area contributed by atoms with Crippen LogP contribution in [0.4, 0.5) is 11.4 Å². The fourth-order valence-corrected chi connectivity index (χ4v) is 4.54. The van der Waals surface area contributed by atoms with Gasteiger partial charge in [-0.25, -0.2) is 8.42 Å². The molecule has 3 rings (SSSR count). The molecule has 7 nitrogen and oxygen atoms in total. The molecular weight excluding hydrogens is 402 g/mol. The van der Waals surface area contributed by atoms with E-state index < -0.39 is 21.5 Å². The normalized spacial score (nSPS) is 14.6. The average Bonchev–Trinajstić information content (AvgIpc) is 2.74. The Morgan fingerprint density at radius 2 is 1.53 bits per heavy atom. The quantitative estimate of drug-likeness (QED) is 0.762. The Kier molecular flexibility index (Phi) is 6.77. The SMILES string of the molecule is CC(C)C(=O)N1CCN(c2ccc(NC(=O)CS(=O)(=O)c3ccccc3)cc2)CC1. The predicted octanol–water partition coefficient (Wildman–Crippen LogP) is 2.40. The average molecular weight is 430 g/mol. The monoisotopic (exact) mass is 429 g/mol. The molecule has 1 heterocycles. The molecule has 1 N–H and O–H groups in total. The van der Waals surface area contributed by atoms with Crippen LogP contribution in [0.2, 0.25) is 0 Å². The van der Waals surface area contributed by atoms with E-state index >= 15 is 0 Å². The van der Waals surface area contributed by atoms with Gasteiger partial charge in [0, 0.05) is 43.5 Å². The number of anilines is 2. The summed E-state index contributed by atoms with van der Waals surface area (Å²) in [6, 6.07) is 15.2. The van der Waals surface area contributed by atoms with Gasteiger partial charge in [-0.15, -0.1) is 0 Å². The minimum atomic E-state index is -3.68. The van der Waals surface area contributed by atoms with E-state index in [1.807, 2.05) is 30.9 Å². The van der Waals surface area contributed by atoms with Crippen LogP contribution in [-0.4, -0.2) is 57.1 Å². The molecule has 30 heavy (non-hydrogen) atoms. The predicted molar refractivity (Wildman–Crippen MR) is 117 cm³/mol. The molecule has 0 radical (unpaired) electrons. The summed E-state index contributed by atoms with van der Waals surface area (Å²) in [6.07, 6.45) is 0. The maximum atomic E-state index is 12.3. The van der Waals surface area contributed by atoms with Crippen LogP contribution in [0.1, 0.15) is 13.8 Å². The highest BCUT2D eigenvalue weighted by molar-refractivity contribution is 7.92. The molecule has 0 atom stereocenters. The van der Waals surface area contributed by atoms with Gasteiger partial charge < -0.3 is 15.1 Å². The zero-order valence-electron chi connectivity index (χ0n) is 17.2. The van der Waals surface area contributed by atoms with Crippen molar-refractivity contribution in [2.75, 3.05) is 42.1 Å². The second kappa shape index (κ2) is 9.30. The van der Waals surface area contributed by atoms with Gasteiger partial charge in [0.05, 0.1) is 4.90 Å². The van der Waals surface area contributed by atoms with Crippen LogP contribution >= 0.6 is 0 Å². The molecule has 2 aromatic carbocycles. The fraction of sp³-hybridized carbons (Fsp3) is 0.364. The van der Waals surface area contributed by atoms with Crippen LogP contribution in [0.3, 0.4) is 0 Å². The van der Waals surface area contributed by atoms with Gasteiger partial charge in [0.1, 0.15) is 5.75 Å². The van der Waals surface area contributed by atoms with E-state index in [1.165, 1.54) is 12.1 Å². The lowest BCUT2D eigenvalue weighted by Crippen LogP contribution is -2.49. The smallest absolute Gasteiger partial charge is 0.239 e. The van der Waals surface area contributed by atoms with Crippen LogP contribution < -0.4 is 10.2 Å². The number of amides is 2. The Morgan fingerprint density at radius 3 is 2.10 bits per heavy atom. The number of nitrogens with one attached hydrogen (secondary N) is 1. The van der Waals surface area contributed by atoms with Crippen LogP contribution in [-0.2, 0) is 19.4 Å². The summed E-state index contributed by atoms with van der Waals surface area (Å²) in [5.74, 6) is -0.999. The summed E-state index contributed by atoms with van der Waals surface area (Å²) < 4.78 is 24.6. The lowest BCUT2D eigenvalue weighted by atomic mass is 10.1. The Labute approximate surface area is 177 Å². The van der Waals surface area contributed by atoms with Gasteiger partial charge in [0.15, 0.2) is 9.84 Å². The van der Waals surface area contributed by atoms with Gasteiger partial charge in [-0.1, -0.05) is 32.0 Å².